The summed E-state index contributed by atoms with van der Waals surface area (Å²) in [7, 11) is 0. The highest BCUT2D eigenvalue weighted by Crippen LogP contribution is 2.38. The lowest BCUT2D eigenvalue weighted by Crippen LogP contribution is -2.49. The maximum Gasteiger partial charge on any atom is 0.278 e. The highest BCUT2D eigenvalue weighted by molar-refractivity contribution is 5.93. The first-order valence-corrected chi connectivity index (χ1v) is 8.27. The molecule has 0 N–H and O–H groups in total. The van der Waals surface area contributed by atoms with Gasteiger partial charge in [0.1, 0.15) is 5.72 Å². The lowest BCUT2D eigenvalue weighted by atomic mass is 9.90. The standard InChI is InChI=1S/C18H20N2O3/c21-17(20-11-12-22-18(20)9-5-2-6-10-18)15-13-16(23-19-15)14-7-3-1-4-8-14/h1,3-4,7-8,13H,2,5-6,9-12H2. The van der Waals surface area contributed by atoms with E-state index >= 15 is 0 Å². The van der Waals surface area contributed by atoms with E-state index in [0.29, 0.717) is 24.6 Å². The molecule has 1 aromatic heterocycles. The Balaban J connectivity index is 1.58. The van der Waals surface area contributed by atoms with Crippen molar-refractivity contribution < 1.29 is 14.1 Å². The van der Waals surface area contributed by atoms with Gasteiger partial charge in [-0.05, 0) is 25.7 Å². The Kier molecular flexibility index (Phi) is 3.65. The van der Waals surface area contributed by atoms with Gasteiger partial charge in [-0.3, -0.25) is 4.79 Å². The number of benzene rings is 1. The van der Waals surface area contributed by atoms with E-state index < -0.39 is 5.72 Å². The first-order valence-electron chi connectivity index (χ1n) is 8.27. The average molecular weight is 312 g/mol. The average Bonchev–Trinajstić information content (AvgIpc) is 3.24. The van der Waals surface area contributed by atoms with Crippen molar-refractivity contribution in [3.8, 4) is 11.3 Å². The third kappa shape index (κ3) is 2.55. The van der Waals surface area contributed by atoms with Crippen molar-refractivity contribution in [3.05, 3.63) is 42.1 Å². The van der Waals surface area contributed by atoms with Gasteiger partial charge in [-0.15, -0.1) is 0 Å². The zero-order valence-electron chi connectivity index (χ0n) is 13.0. The Labute approximate surface area is 135 Å². The van der Waals surface area contributed by atoms with Gasteiger partial charge >= 0.3 is 0 Å². The molecular formula is C18H20N2O3. The molecule has 1 aliphatic carbocycles. The summed E-state index contributed by atoms with van der Waals surface area (Å²) in [5, 5.41) is 3.99. The summed E-state index contributed by atoms with van der Waals surface area (Å²) in [6.07, 6.45) is 5.27. The molecule has 1 saturated heterocycles. The maximum absolute atomic E-state index is 12.9. The van der Waals surface area contributed by atoms with Crippen molar-refractivity contribution in [3.63, 3.8) is 0 Å². The molecule has 5 heteroatoms. The van der Waals surface area contributed by atoms with Crippen LogP contribution in [0.4, 0.5) is 0 Å². The van der Waals surface area contributed by atoms with Crippen LogP contribution in [-0.4, -0.2) is 34.8 Å². The molecule has 5 nitrogen and oxygen atoms in total. The minimum absolute atomic E-state index is 0.0877. The summed E-state index contributed by atoms with van der Waals surface area (Å²) >= 11 is 0. The fourth-order valence-electron chi connectivity index (χ4n) is 3.67. The number of carbonyl (C=O) groups is 1. The van der Waals surface area contributed by atoms with Crippen LogP contribution in [0.3, 0.4) is 0 Å². The van der Waals surface area contributed by atoms with Crippen molar-refractivity contribution in [2.45, 2.75) is 37.8 Å². The molecule has 2 aromatic rings. The molecule has 120 valence electrons. The summed E-state index contributed by atoms with van der Waals surface area (Å²) in [6.45, 7) is 1.24. The van der Waals surface area contributed by atoms with Gasteiger partial charge in [-0.25, -0.2) is 0 Å². The Morgan fingerprint density at radius 3 is 2.70 bits per heavy atom. The zero-order chi connectivity index (χ0) is 15.7. The molecule has 23 heavy (non-hydrogen) atoms. The van der Waals surface area contributed by atoms with E-state index in [1.54, 1.807) is 6.07 Å². The molecular weight excluding hydrogens is 292 g/mol. The van der Waals surface area contributed by atoms with Gasteiger partial charge in [-0.1, -0.05) is 41.9 Å². The van der Waals surface area contributed by atoms with E-state index in [4.69, 9.17) is 9.26 Å². The van der Waals surface area contributed by atoms with Gasteiger partial charge in [0.25, 0.3) is 5.91 Å². The summed E-state index contributed by atoms with van der Waals surface area (Å²) in [5.41, 5.74) is 0.865. The number of hydrogen-bond acceptors (Lipinski definition) is 4. The second kappa shape index (κ2) is 5.81. The van der Waals surface area contributed by atoms with Crippen molar-refractivity contribution in [2.24, 2.45) is 0 Å². The fraction of sp³-hybridized carbons (Fsp3) is 0.444. The van der Waals surface area contributed by atoms with Crippen LogP contribution in [0.5, 0.6) is 0 Å². The first-order chi connectivity index (χ1) is 11.3. The summed E-state index contributed by atoms with van der Waals surface area (Å²) in [4.78, 5) is 14.7. The first kappa shape index (κ1) is 14.5. The van der Waals surface area contributed by atoms with Crippen LogP contribution in [-0.2, 0) is 4.74 Å². The maximum atomic E-state index is 12.9. The topological polar surface area (TPSA) is 55.6 Å². The quantitative estimate of drug-likeness (QED) is 0.852. The Morgan fingerprint density at radius 1 is 1.13 bits per heavy atom. The predicted molar refractivity (Wildman–Crippen MR) is 84.7 cm³/mol. The molecule has 0 radical (unpaired) electrons. The summed E-state index contributed by atoms with van der Waals surface area (Å²) in [6, 6.07) is 11.4. The predicted octanol–water partition coefficient (Wildman–Crippen LogP) is 3.47. The molecule has 1 amide bonds. The molecule has 4 rings (SSSR count). The largest absolute Gasteiger partial charge is 0.355 e. The zero-order valence-corrected chi connectivity index (χ0v) is 13.0. The molecule has 0 bridgehead atoms. The van der Waals surface area contributed by atoms with Gasteiger partial charge in [0.2, 0.25) is 0 Å². The van der Waals surface area contributed by atoms with Crippen molar-refractivity contribution in [1.29, 1.82) is 0 Å². The highest BCUT2D eigenvalue weighted by Gasteiger charge is 2.46. The molecule has 2 heterocycles. The van der Waals surface area contributed by atoms with Crippen LogP contribution in [0.15, 0.2) is 40.9 Å². The van der Waals surface area contributed by atoms with E-state index in [1.807, 2.05) is 35.2 Å². The molecule has 0 atom stereocenters. The summed E-state index contributed by atoms with van der Waals surface area (Å²) < 4.78 is 11.3. The van der Waals surface area contributed by atoms with Crippen LogP contribution in [0.25, 0.3) is 11.3 Å². The van der Waals surface area contributed by atoms with E-state index in [9.17, 15) is 4.79 Å². The number of ether oxygens (including phenoxy) is 1. The number of hydrogen-bond donors (Lipinski definition) is 0. The number of carbonyl (C=O) groups excluding carboxylic acids is 1. The minimum atomic E-state index is -0.415. The van der Waals surface area contributed by atoms with E-state index in [0.717, 1.165) is 31.2 Å². The molecule has 1 saturated carbocycles. The van der Waals surface area contributed by atoms with Gasteiger partial charge in [0, 0.05) is 18.2 Å². The third-order valence-corrected chi connectivity index (χ3v) is 4.85. The number of rotatable bonds is 2. The molecule has 1 aliphatic heterocycles. The second-order valence-electron chi connectivity index (χ2n) is 6.25. The fourth-order valence-corrected chi connectivity index (χ4v) is 3.67. The van der Waals surface area contributed by atoms with Gasteiger partial charge in [-0.2, -0.15) is 0 Å². The van der Waals surface area contributed by atoms with Crippen molar-refractivity contribution >= 4 is 5.91 Å². The van der Waals surface area contributed by atoms with Gasteiger partial charge < -0.3 is 14.2 Å². The van der Waals surface area contributed by atoms with Crippen molar-refractivity contribution in [1.82, 2.24) is 10.1 Å². The molecule has 1 spiro atoms. The highest BCUT2D eigenvalue weighted by atomic mass is 16.5. The van der Waals surface area contributed by atoms with E-state index in [-0.39, 0.29) is 5.91 Å². The number of amides is 1. The van der Waals surface area contributed by atoms with Gasteiger partial charge in [0.05, 0.1) is 6.61 Å². The van der Waals surface area contributed by atoms with Crippen LogP contribution >= 0.6 is 0 Å². The Bertz CT molecular complexity index is 689. The van der Waals surface area contributed by atoms with Crippen LogP contribution in [0, 0.1) is 0 Å². The monoisotopic (exact) mass is 312 g/mol. The normalized spacial score (nSPS) is 20.1. The number of nitrogens with zero attached hydrogens (tertiary/aromatic N) is 2. The van der Waals surface area contributed by atoms with Crippen molar-refractivity contribution in [2.75, 3.05) is 13.2 Å². The summed E-state index contributed by atoms with van der Waals surface area (Å²) in [5.74, 6) is 0.530. The van der Waals surface area contributed by atoms with E-state index in [1.165, 1.54) is 6.42 Å². The van der Waals surface area contributed by atoms with Gasteiger partial charge in [0.15, 0.2) is 11.5 Å². The smallest absolute Gasteiger partial charge is 0.278 e. The second-order valence-corrected chi connectivity index (χ2v) is 6.25. The Hall–Kier alpha value is -2.14. The SMILES string of the molecule is O=C(c1cc(-c2ccccc2)on1)N1CCOC12CCCCC2. The lowest BCUT2D eigenvalue weighted by molar-refractivity contribution is -0.0921. The van der Waals surface area contributed by atoms with Crippen LogP contribution in [0.2, 0.25) is 0 Å². The van der Waals surface area contributed by atoms with Crippen LogP contribution in [0.1, 0.15) is 42.6 Å². The molecule has 1 aromatic carbocycles. The third-order valence-electron chi connectivity index (χ3n) is 4.85. The van der Waals surface area contributed by atoms with Crippen LogP contribution < -0.4 is 0 Å². The Morgan fingerprint density at radius 2 is 1.91 bits per heavy atom. The minimum Gasteiger partial charge on any atom is -0.355 e. The molecule has 2 aliphatic rings. The molecule has 0 unspecified atom stereocenters. The molecule has 2 fully saturated rings. The van der Waals surface area contributed by atoms with E-state index in [2.05, 4.69) is 5.16 Å². The number of aromatic nitrogens is 1. The lowest BCUT2D eigenvalue weighted by Gasteiger charge is -2.39.